The molecule has 2 aromatic rings. The highest BCUT2D eigenvalue weighted by Gasteiger charge is 2.30. The molecule has 0 radical (unpaired) electrons. The number of ether oxygens (including phenoxy) is 2. The van der Waals surface area contributed by atoms with Crippen LogP contribution in [0.3, 0.4) is 0 Å². The molecule has 2 aromatic carbocycles. The summed E-state index contributed by atoms with van der Waals surface area (Å²) in [7, 11) is 0. The first-order valence-corrected chi connectivity index (χ1v) is 9.10. The minimum atomic E-state index is -4.41. The summed E-state index contributed by atoms with van der Waals surface area (Å²) in [5, 5.41) is 3.50. The van der Waals surface area contributed by atoms with Crippen LogP contribution >= 0.6 is 34.8 Å². The molecule has 156 valence electrons. The number of amides is 1. The van der Waals surface area contributed by atoms with Crippen molar-refractivity contribution in [3.63, 3.8) is 0 Å². The van der Waals surface area contributed by atoms with Crippen molar-refractivity contribution < 1.29 is 27.4 Å². The summed E-state index contributed by atoms with van der Waals surface area (Å²) in [5.74, 6) is 0.408. The number of carbonyl (C=O) groups is 1. The van der Waals surface area contributed by atoms with Crippen molar-refractivity contribution in [3.05, 3.63) is 54.1 Å². The Labute approximate surface area is 179 Å². The normalized spacial score (nSPS) is 13.2. The molecule has 5 nitrogen and oxygen atoms in total. The minimum absolute atomic E-state index is 0.242. The Morgan fingerprint density at radius 2 is 1.48 bits per heavy atom. The predicted molar refractivity (Wildman–Crippen MR) is 105 cm³/mol. The number of benzene rings is 2. The van der Waals surface area contributed by atoms with E-state index in [4.69, 9.17) is 44.3 Å². The Hall–Kier alpha value is -2.16. The fourth-order valence-electron chi connectivity index (χ4n) is 1.95. The van der Waals surface area contributed by atoms with Gasteiger partial charge in [0.25, 0.3) is 5.91 Å². The molecule has 0 spiro atoms. The second kappa shape index (κ2) is 9.56. The van der Waals surface area contributed by atoms with E-state index in [9.17, 15) is 18.0 Å². The van der Waals surface area contributed by atoms with Crippen molar-refractivity contribution in [1.82, 2.24) is 5.43 Å². The van der Waals surface area contributed by atoms with E-state index in [1.165, 1.54) is 31.2 Å². The molecule has 29 heavy (non-hydrogen) atoms. The Kier molecular flexibility index (Phi) is 7.62. The lowest BCUT2D eigenvalue weighted by molar-refractivity contribution is -0.137. The average Bonchev–Trinajstić information content (AvgIpc) is 2.62. The Bertz CT molecular complexity index is 852. The van der Waals surface area contributed by atoms with Crippen molar-refractivity contribution in [2.45, 2.75) is 23.0 Å². The van der Waals surface area contributed by atoms with Crippen LogP contribution in [-0.4, -0.2) is 22.0 Å². The zero-order valence-corrected chi connectivity index (χ0v) is 17.0. The fourth-order valence-corrected chi connectivity index (χ4v) is 2.10. The van der Waals surface area contributed by atoms with Gasteiger partial charge in [0.1, 0.15) is 17.2 Å². The van der Waals surface area contributed by atoms with E-state index in [1.54, 1.807) is 12.1 Å². The molecule has 0 fully saturated rings. The number of hydrogen-bond donors (Lipinski definition) is 1. The third-order valence-corrected chi connectivity index (χ3v) is 3.60. The molecule has 0 aliphatic carbocycles. The molecule has 0 saturated heterocycles. The van der Waals surface area contributed by atoms with E-state index < -0.39 is 27.5 Å². The number of hydrogen-bond acceptors (Lipinski definition) is 4. The maximum absolute atomic E-state index is 12.6. The SMILES string of the molecule is CC(Oc1ccc(Oc2ccc(C(F)(F)F)cc2)cc1)C(=O)N/N=C/C(Cl)(Cl)Cl. The monoisotopic (exact) mass is 468 g/mol. The first-order valence-electron chi connectivity index (χ1n) is 7.97. The van der Waals surface area contributed by atoms with Gasteiger partial charge < -0.3 is 9.47 Å². The summed E-state index contributed by atoms with van der Waals surface area (Å²) in [4.78, 5) is 11.9. The first-order chi connectivity index (χ1) is 13.4. The fraction of sp³-hybridized carbons (Fsp3) is 0.222. The summed E-state index contributed by atoms with van der Waals surface area (Å²) in [6.45, 7) is 1.49. The van der Waals surface area contributed by atoms with Gasteiger partial charge in [0.2, 0.25) is 3.79 Å². The topological polar surface area (TPSA) is 59.9 Å². The van der Waals surface area contributed by atoms with Crippen LogP contribution in [0.25, 0.3) is 0 Å². The highest BCUT2D eigenvalue weighted by molar-refractivity contribution is 6.74. The van der Waals surface area contributed by atoms with Gasteiger partial charge in [-0.25, -0.2) is 5.43 Å². The number of nitrogens with one attached hydrogen (secondary N) is 1. The lowest BCUT2D eigenvalue weighted by Gasteiger charge is -2.14. The minimum Gasteiger partial charge on any atom is -0.481 e. The van der Waals surface area contributed by atoms with Gasteiger partial charge in [-0.15, -0.1) is 0 Å². The molecular formula is C18H14Cl3F3N2O3. The van der Waals surface area contributed by atoms with Gasteiger partial charge in [0, 0.05) is 0 Å². The molecule has 0 saturated carbocycles. The Balaban J connectivity index is 1.91. The van der Waals surface area contributed by atoms with Crippen LogP contribution in [0, 0.1) is 0 Å². The smallest absolute Gasteiger partial charge is 0.416 e. The molecule has 1 unspecified atom stereocenters. The third-order valence-electron chi connectivity index (χ3n) is 3.31. The Morgan fingerprint density at radius 1 is 1.00 bits per heavy atom. The largest absolute Gasteiger partial charge is 0.481 e. The molecule has 0 bridgehead atoms. The van der Waals surface area contributed by atoms with Gasteiger partial charge in [0.15, 0.2) is 6.10 Å². The van der Waals surface area contributed by atoms with Crippen molar-refractivity contribution in [1.29, 1.82) is 0 Å². The van der Waals surface area contributed by atoms with Crippen LogP contribution < -0.4 is 14.9 Å². The highest BCUT2D eigenvalue weighted by atomic mass is 35.6. The molecule has 0 aromatic heterocycles. The van der Waals surface area contributed by atoms with Crippen LogP contribution in [0.15, 0.2) is 53.6 Å². The molecular weight excluding hydrogens is 456 g/mol. The zero-order valence-electron chi connectivity index (χ0n) is 14.7. The summed E-state index contributed by atoms with van der Waals surface area (Å²) in [5.41, 5.74) is 1.40. The second-order valence-corrected chi connectivity index (χ2v) is 8.00. The summed E-state index contributed by atoms with van der Waals surface area (Å²) >= 11 is 16.4. The molecule has 2 rings (SSSR count). The molecule has 1 amide bonds. The zero-order chi connectivity index (χ0) is 21.7. The number of rotatable bonds is 6. The van der Waals surface area contributed by atoms with E-state index in [0.717, 1.165) is 18.3 Å². The quantitative estimate of drug-likeness (QED) is 0.333. The Morgan fingerprint density at radius 3 is 1.97 bits per heavy atom. The van der Waals surface area contributed by atoms with Gasteiger partial charge >= 0.3 is 6.18 Å². The number of hydrazone groups is 1. The second-order valence-electron chi connectivity index (χ2n) is 5.63. The van der Waals surface area contributed by atoms with Crippen molar-refractivity contribution in [2.24, 2.45) is 5.10 Å². The van der Waals surface area contributed by atoms with Gasteiger partial charge in [-0.2, -0.15) is 18.3 Å². The number of nitrogens with zero attached hydrogens (tertiary/aromatic N) is 1. The van der Waals surface area contributed by atoms with Crippen LogP contribution in [0.1, 0.15) is 12.5 Å². The van der Waals surface area contributed by atoms with Gasteiger partial charge in [-0.1, -0.05) is 34.8 Å². The van der Waals surface area contributed by atoms with Crippen molar-refractivity contribution in [3.8, 4) is 17.2 Å². The molecule has 0 heterocycles. The van der Waals surface area contributed by atoms with Crippen LogP contribution in [-0.2, 0) is 11.0 Å². The number of carbonyl (C=O) groups excluding carboxylic acids is 1. The van der Waals surface area contributed by atoms with Crippen LogP contribution in [0.4, 0.5) is 13.2 Å². The van der Waals surface area contributed by atoms with Gasteiger partial charge in [-0.05, 0) is 55.5 Å². The third kappa shape index (κ3) is 8.00. The van der Waals surface area contributed by atoms with E-state index in [0.29, 0.717) is 11.5 Å². The summed E-state index contributed by atoms with van der Waals surface area (Å²) in [6.07, 6.45) is -4.38. The molecule has 0 aliphatic rings. The van der Waals surface area contributed by atoms with Crippen LogP contribution in [0.2, 0.25) is 0 Å². The molecule has 11 heteroatoms. The maximum atomic E-state index is 12.6. The number of halogens is 6. The van der Waals surface area contributed by atoms with Gasteiger partial charge in [0.05, 0.1) is 11.8 Å². The van der Waals surface area contributed by atoms with E-state index in [2.05, 4.69) is 10.5 Å². The molecule has 1 atom stereocenters. The first kappa shape index (κ1) is 23.1. The van der Waals surface area contributed by atoms with Crippen molar-refractivity contribution in [2.75, 3.05) is 0 Å². The maximum Gasteiger partial charge on any atom is 0.416 e. The number of alkyl halides is 6. The molecule has 0 aliphatic heterocycles. The summed E-state index contributed by atoms with van der Waals surface area (Å²) < 4.78 is 46.9. The lowest BCUT2D eigenvalue weighted by Crippen LogP contribution is -2.33. The average molecular weight is 470 g/mol. The highest BCUT2D eigenvalue weighted by Crippen LogP contribution is 2.31. The van der Waals surface area contributed by atoms with E-state index in [1.807, 2.05) is 0 Å². The van der Waals surface area contributed by atoms with E-state index in [-0.39, 0.29) is 5.75 Å². The van der Waals surface area contributed by atoms with Crippen LogP contribution in [0.5, 0.6) is 17.2 Å². The molecule has 1 N–H and O–H groups in total. The standard InChI is InChI=1S/C18H14Cl3F3N2O3/c1-11(16(27)26-25-10-17(19,20)21)28-13-6-8-15(9-7-13)29-14-4-2-12(3-5-14)18(22,23)24/h2-11H,1H3,(H,26,27)/b25-10+. The van der Waals surface area contributed by atoms with Crippen molar-refractivity contribution >= 4 is 46.9 Å². The van der Waals surface area contributed by atoms with Gasteiger partial charge in [-0.3, -0.25) is 4.79 Å². The summed E-state index contributed by atoms with van der Waals surface area (Å²) in [6, 6.07) is 10.4. The predicted octanol–water partition coefficient (Wildman–Crippen LogP) is 5.74. The lowest BCUT2D eigenvalue weighted by atomic mass is 10.2. The van der Waals surface area contributed by atoms with E-state index >= 15 is 0 Å².